The van der Waals surface area contributed by atoms with Crippen LogP contribution >= 0.6 is 0 Å². The summed E-state index contributed by atoms with van der Waals surface area (Å²) in [4.78, 5) is 23.2. The van der Waals surface area contributed by atoms with E-state index in [0.29, 0.717) is 0 Å². The fourth-order valence-electron chi connectivity index (χ4n) is 1.80. The number of nitrogens with two attached hydrogens (primary N) is 1. The molecule has 0 atom stereocenters. The van der Waals surface area contributed by atoms with Gasteiger partial charge in [0.2, 0.25) is 5.91 Å². The Morgan fingerprint density at radius 2 is 1.67 bits per heavy atom. The molecular formula is C14H12N2O2. The molecule has 4 heteroatoms. The van der Waals surface area contributed by atoms with E-state index in [0.717, 1.165) is 10.8 Å². The first-order valence-electron chi connectivity index (χ1n) is 5.38. The number of carbonyl (C=O) groups excluding carboxylic acids is 2. The lowest BCUT2D eigenvalue weighted by Gasteiger charge is -2.08. The molecule has 90 valence electrons. The zero-order chi connectivity index (χ0) is 13.1. The molecule has 4 nitrogen and oxygen atoms in total. The maximum Gasteiger partial charge on any atom is 0.256 e. The molecule has 0 radical (unpaired) electrons. The number of fused-ring (bicyclic) bond motifs is 1. The Morgan fingerprint density at radius 3 is 2.17 bits per heavy atom. The van der Waals surface area contributed by atoms with Crippen LogP contribution in [0.4, 0.5) is 0 Å². The molecule has 0 aliphatic heterocycles. The molecule has 0 saturated heterocycles. The van der Waals surface area contributed by atoms with Gasteiger partial charge in [0.1, 0.15) is 0 Å². The van der Waals surface area contributed by atoms with Crippen LogP contribution in [0.1, 0.15) is 20.7 Å². The summed E-state index contributed by atoms with van der Waals surface area (Å²) in [7, 11) is 0. The van der Waals surface area contributed by atoms with Crippen molar-refractivity contribution in [2.24, 2.45) is 5.73 Å². The highest BCUT2D eigenvalue weighted by atomic mass is 16.2. The highest BCUT2D eigenvalue weighted by Crippen LogP contribution is 2.20. The Balaban J connectivity index is 2.68. The maximum absolute atomic E-state index is 11.8. The van der Waals surface area contributed by atoms with Crippen LogP contribution in [0.3, 0.4) is 0 Å². The van der Waals surface area contributed by atoms with E-state index in [2.05, 4.69) is 11.9 Å². The van der Waals surface area contributed by atoms with Gasteiger partial charge in [-0.25, -0.2) is 0 Å². The van der Waals surface area contributed by atoms with Crippen molar-refractivity contribution in [3.05, 3.63) is 60.3 Å². The number of benzene rings is 2. The number of amides is 2. The van der Waals surface area contributed by atoms with Crippen LogP contribution in [0.5, 0.6) is 0 Å². The van der Waals surface area contributed by atoms with Gasteiger partial charge in [-0.05, 0) is 29.1 Å². The third kappa shape index (κ3) is 2.08. The van der Waals surface area contributed by atoms with Crippen molar-refractivity contribution in [2.75, 3.05) is 0 Å². The number of primary amides is 1. The predicted octanol–water partition coefficient (Wildman–Crippen LogP) is 1.81. The molecule has 0 fully saturated rings. The Labute approximate surface area is 104 Å². The Bertz CT molecular complexity index is 647. The molecule has 0 aliphatic carbocycles. The second-order valence-electron chi connectivity index (χ2n) is 3.79. The van der Waals surface area contributed by atoms with E-state index in [1.807, 2.05) is 24.3 Å². The molecule has 2 amide bonds. The summed E-state index contributed by atoms with van der Waals surface area (Å²) in [5.74, 6) is -1.03. The minimum atomic E-state index is -0.630. The number of hydrogen-bond acceptors (Lipinski definition) is 2. The van der Waals surface area contributed by atoms with E-state index in [9.17, 15) is 9.59 Å². The lowest BCUT2D eigenvalue weighted by molar-refractivity contribution is 0.0949. The molecule has 0 saturated carbocycles. The van der Waals surface area contributed by atoms with Crippen molar-refractivity contribution in [2.45, 2.75) is 0 Å². The fourth-order valence-corrected chi connectivity index (χ4v) is 1.80. The van der Waals surface area contributed by atoms with E-state index in [1.165, 1.54) is 6.20 Å². The maximum atomic E-state index is 11.8. The van der Waals surface area contributed by atoms with Gasteiger partial charge in [-0.3, -0.25) is 9.59 Å². The number of hydrogen-bond donors (Lipinski definition) is 2. The SMILES string of the molecule is C=CNC(=O)c1cc2ccccc2cc1C(N)=O. The van der Waals surface area contributed by atoms with Crippen molar-refractivity contribution in [3.8, 4) is 0 Å². The van der Waals surface area contributed by atoms with Crippen molar-refractivity contribution < 1.29 is 9.59 Å². The van der Waals surface area contributed by atoms with Crippen LogP contribution < -0.4 is 11.1 Å². The minimum absolute atomic E-state index is 0.202. The van der Waals surface area contributed by atoms with E-state index in [1.54, 1.807) is 12.1 Å². The quantitative estimate of drug-likeness (QED) is 0.858. The lowest BCUT2D eigenvalue weighted by Crippen LogP contribution is -2.22. The minimum Gasteiger partial charge on any atom is -0.366 e. The summed E-state index contributed by atoms with van der Waals surface area (Å²) < 4.78 is 0. The average Bonchev–Trinajstić information content (AvgIpc) is 2.37. The number of rotatable bonds is 3. The van der Waals surface area contributed by atoms with Crippen molar-refractivity contribution in [1.82, 2.24) is 5.32 Å². The third-order valence-electron chi connectivity index (χ3n) is 2.63. The van der Waals surface area contributed by atoms with E-state index < -0.39 is 11.8 Å². The van der Waals surface area contributed by atoms with Crippen molar-refractivity contribution in [3.63, 3.8) is 0 Å². The molecule has 2 rings (SSSR count). The molecule has 0 unspecified atom stereocenters. The number of carbonyl (C=O) groups is 2. The highest BCUT2D eigenvalue weighted by Gasteiger charge is 2.15. The Kier molecular flexibility index (Phi) is 3.10. The fraction of sp³-hybridized carbons (Fsp3) is 0. The van der Waals surface area contributed by atoms with Gasteiger partial charge < -0.3 is 11.1 Å². The molecule has 2 aromatic rings. The summed E-state index contributed by atoms with van der Waals surface area (Å²) in [6, 6.07) is 10.7. The van der Waals surface area contributed by atoms with E-state index in [-0.39, 0.29) is 11.1 Å². The Morgan fingerprint density at radius 1 is 1.11 bits per heavy atom. The highest BCUT2D eigenvalue weighted by molar-refractivity contribution is 6.10. The Hall–Kier alpha value is -2.62. The van der Waals surface area contributed by atoms with Gasteiger partial charge >= 0.3 is 0 Å². The second-order valence-corrected chi connectivity index (χ2v) is 3.79. The van der Waals surface area contributed by atoms with Gasteiger partial charge in [0.05, 0.1) is 11.1 Å². The van der Waals surface area contributed by atoms with Crippen LogP contribution in [-0.4, -0.2) is 11.8 Å². The molecule has 0 heterocycles. The summed E-state index contributed by atoms with van der Waals surface area (Å²) in [6.07, 6.45) is 1.27. The topological polar surface area (TPSA) is 72.2 Å². The second kappa shape index (κ2) is 4.71. The summed E-state index contributed by atoms with van der Waals surface area (Å²) in [6.45, 7) is 3.41. The van der Waals surface area contributed by atoms with Gasteiger partial charge in [0.15, 0.2) is 0 Å². The normalized spacial score (nSPS) is 10.0. The van der Waals surface area contributed by atoms with Crippen molar-refractivity contribution >= 4 is 22.6 Å². The van der Waals surface area contributed by atoms with E-state index >= 15 is 0 Å². The molecule has 18 heavy (non-hydrogen) atoms. The first-order valence-corrected chi connectivity index (χ1v) is 5.38. The molecule has 0 spiro atoms. The van der Waals surface area contributed by atoms with Crippen LogP contribution in [0.15, 0.2) is 49.2 Å². The van der Waals surface area contributed by atoms with Gasteiger partial charge in [0.25, 0.3) is 5.91 Å². The van der Waals surface area contributed by atoms with Crippen molar-refractivity contribution in [1.29, 1.82) is 0 Å². The first kappa shape index (κ1) is 11.9. The molecule has 2 aromatic carbocycles. The molecular weight excluding hydrogens is 228 g/mol. The van der Waals surface area contributed by atoms with Crippen LogP contribution in [0, 0.1) is 0 Å². The standard InChI is InChI=1S/C14H12N2O2/c1-2-16-14(18)12-8-10-6-4-3-5-9(10)7-11(12)13(15)17/h2-8H,1H2,(H2,15,17)(H,16,18). The summed E-state index contributed by atoms with van der Waals surface area (Å²) in [5.41, 5.74) is 5.75. The van der Waals surface area contributed by atoms with Crippen LogP contribution in [0.2, 0.25) is 0 Å². The largest absolute Gasteiger partial charge is 0.366 e. The van der Waals surface area contributed by atoms with Crippen LogP contribution in [0.25, 0.3) is 10.8 Å². The zero-order valence-corrected chi connectivity index (χ0v) is 9.64. The molecule has 0 bridgehead atoms. The number of nitrogens with one attached hydrogen (secondary N) is 1. The zero-order valence-electron chi connectivity index (χ0n) is 9.64. The van der Waals surface area contributed by atoms with E-state index in [4.69, 9.17) is 5.73 Å². The lowest BCUT2D eigenvalue weighted by atomic mass is 10.00. The predicted molar refractivity (Wildman–Crippen MR) is 70.1 cm³/mol. The monoisotopic (exact) mass is 240 g/mol. The summed E-state index contributed by atoms with van der Waals surface area (Å²) in [5, 5.41) is 4.17. The molecule has 3 N–H and O–H groups in total. The first-order chi connectivity index (χ1) is 8.63. The smallest absolute Gasteiger partial charge is 0.256 e. The third-order valence-corrected chi connectivity index (χ3v) is 2.63. The van der Waals surface area contributed by atoms with Gasteiger partial charge in [-0.15, -0.1) is 0 Å². The summed E-state index contributed by atoms with van der Waals surface area (Å²) >= 11 is 0. The van der Waals surface area contributed by atoms with Crippen LogP contribution in [-0.2, 0) is 0 Å². The van der Waals surface area contributed by atoms with Gasteiger partial charge in [0, 0.05) is 0 Å². The average molecular weight is 240 g/mol. The molecule has 0 aromatic heterocycles. The molecule has 0 aliphatic rings. The van der Waals surface area contributed by atoms with Gasteiger partial charge in [-0.2, -0.15) is 0 Å². The van der Waals surface area contributed by atoms with Gasteiger partial charge in [-0.1, -0.05) is 30.8 Å².